The highest BCUT2D eigenvalue weighted by Crippen LogP contribution is 2.33. The summed E-state index contributed by atoms with van der Waals surface area (Å²) in [6, 6.07) is 7.78. The second kappa shape index (κ2) is 8.18. The second-order valence-electron chi connectivity index (χ2n) is 6.69. The molecule has 0 spiro atoms. The molecule has 1 unspecified atom stereocenters. The van der Waals surface area contributed by atoms with Crippen molar-refractivity contribution in [2.75, 3.05) is 7.11 Å². The van der Waals surface area contributed by atoms with E-state index in [4.69, 9.17) is 9.84 Å². The van der Waals surface area contributed by atoms with E-state index in [-0.39, 0.29) is 18.2 Å². The molecule has 1 aromatic rings. The molecular formula is C19H27NO4. The highest BCUT2D eigenvalue weighted by Gasteiger charge is 2.37. The van der Waals surface area contributed by atoms with Gasteiger partial charge >= 0.3 is 5.97 Å². The molecule has 1 atom stereocenters. The van der Waals surface area contributed by atoms with Gasteiger partial charge in [0.15, 0.2) is 0 Å². The van der Waals surface area contributed by atoms with E-state index in [1.165, 1.54) is 0 Å². The van der Waals surface area contributed by atoms with Crippen LogP contribution in [-0.4, -0.2) is 29.6 Å². The molecule has 1 fully saturated rings. The Labute approximate surface area is 143 Å². The number of carbonyl (C=O) groups is 2. The van der Waals surface area contributed by atoms with Gasteiger partial charge in [-0.15, -0.1) is 0 Å². The maximum atomic E-state index is 12.5. The fourth-order valence-electron chi connectivity index (χ4n) is 3.63. The first-order valence-electron chi connectivity index (χ1n) is 8.65. The molecule has 132 valence electrons. The Bertz CT molecular complexity index is 561. The minimum absolute atomic E-state index is 0.0120. The van der Waals surface area contributed by atoms with E-state index in [0.29, 0.717) is 6.42 Å². The Kier molecular flexibility index (Phi) is 6.23. The number of nitrogens with one attached hydrogen (secondary N) is 1. The van der Waals surface area contributed by atoms with Crippen LogP contribution in [-0.2, 0) is 9.59 Å². The van der Waals surface area contributed by atoms with Crippen LogP contribution in [0.3, 0.4) is 0 Å². The number of hydrogen-bond acceptors (Lipinski definition) is 3. The maximum Gasteiger partial charge on any atom is 0.305 e. The predicted molar refractivity (Wildman–Crippen MR) is 92.2 cm³/mol. The fraction of sp³-hybridized carbons (Fsp3) is 0.579. The van der Waals surface area contributed by atoms with Gasteiger partial charge < -0.3 is 15.2 Å². The molecule has 0 aliphatic heterocycles. The molecule has 1 saturated carbocycles. The Morgan fingerprint density at radius 3 is 2.38 bits per heavy atom. The van der Waals surface area contributed by atoms with Gasteiger partial charge in [-0.05, 0) is 42.9 Å². The van der Waals surface area contributed by atoms with Crippen LogP contribution in [0.5, 0.6) is 5.75 Å². The zero-order valence-electron chi connectivity index (χ0n) is 14.5. The van der Waals surface area contributed by atoms with Gasteiger partial charge in [0.05, 0.1) is 19.1 Å². The van der Waals surface area contributed by atoms with E-state index in [1.807, 2.05) is 24.3 Å². The number of hydrogen-bond donors (Lipinski definition) is 2. The average molecular weight is 333 g/mol. The molecule has 0 heterocycles. The molecule has 1 aromatic carbocycles. The third-order valence-electron chi connectivity index (χ3n) is 4.97. The normalized spacial score (nSPS) is 17.2. The van der Waals surface area contributed by atoms with Gasteiger partial charge in [-0.3, -0.25) is 9.59 Å². The van der Waals surface area contributed by atoms with Gasteiger partial charge in [0, 0.05) is 6.42 Å². The zero-order valence-corrected chi connectivity index (χ0v) is 14.5. The molecule has 24 heavy (non-hydrogen) atoms. The lowest BCUT2D eigenvalue weighted by atomic mass is 9.90. The van der Waals surface area contributed by atoms with Gasteiger partial charge in [0.2, 0.25) is 5.91 Å². The number of ether oxygens (including phenoxy) is 1. The van der Waals surface area contributed by atoms with Crippen molar-refractivity contribution in [1.29, 1.82) is 0 Å². The van der Waals surface area contributed by atoms with Gasteiger partial charge in [-0.1, -0.05) is 31.9 Å². The van der Waals surface area contributed by atoms with Crippen molar-refractivity contribution in [2.24, 2.45) is 0 Å². The van der Waals surface area contributed by atoms with Crippen molar-refractivity contribution in [1.82, 2.24) is 5.32 Å². The summed E-state index contributed by atoms with van der Waals surface area (Å²) >= 11 is 0. The lowest BCUT2D eigenvalue weighted by Gasteiger charge is -2.29. The van der Waals surface area contributed by atoms with Crippen LogP contribution in [0.4, 0.5) is 0 Å². The van der Waals surface area contributed by atoms with Crippen LogP contribution in [0.25, 0.3) is 0 Å². The smallest absolute Gasteiger partial charge is 0.305 e. The van der Waals surface area contributed by atoms with Crippen molar-refractivity contribution in [2.45, 2.75) is 63.3 Å². The van der Waals surface area contributed by atoms with E-state index in [0.717, 1.165) is 43.4 Å². The molecule has 0 saturated heterocycles. The van der Waals surface area contributed by atoms with E-state index in [2.05, 4.69) is 12.2 Å². The topological polar surface area (TPSA) is 75.6 Å². The second-order valence-corrected chi connectivity index (χ2v) is 6.69. The van der Waals surface area contributed by atoms with E-state index in [9.17, 15) is 9.59 Å². The standard InChI is InChI=1S/C19H27NO4/c1-3-14(15-6-8-16(24-2)9-7-15)12-17(21)20-19(13-18(22)23)10-4-5-11-19/h6-9,14H,3-5,10-13H2,1-2H3,(H,20,21)(H,22,23). The number of carboxylic acids is 1. The zero-order chi connectivity index (χ0) is 17.6. The summed E-state index contributed by atoms with van der Waals surface area (Å²) in [5.74, 6) is 0.0174. The van der Waals surface area contributed by atoms with Gasteiger partial charge in [-0.2, -0.15) is 0 Å². The van der Waals surface area contributed by atoms with E-state index < -0.39 is 11.5 Å². The Balaban J connectivity index is 2.01. The summed E-state index contributed by atoms with van der Waals surface area (Å²) in [5.41, 5.74) is 0.549. The Hall–Kier alpha value is -2.04. The van der Waals surface area contributed by atoms with Crippen molar-refractivity contribution >= 4 is 11.9 Å². The van der Waals surface area contributed by atoms with E-state index >= 15 is 0 Å². The summed E-state index contributed by atoms with van der Waals surface area (Å²) in [7, 11) is 1.63. The summed E-state index contributed by atoms with van der Waals surface area (Å²) in [4.78, 5) is 23.7. The molecule has 0 aromatic heterocycles. The third-order valence-corrected chi connectivity index (χ3v) is 4.97. The van der Waals surface area contributed by atoms with Gasteiger partial charge in [-0.25, -0.2) is 0 Å². The highest BCUT2D eigenvalue weighted by molar-refractivity contribution is 5.79. The van der Waals surface area contributed by atoms with Gasteiger partial charge in [0.25, 0.3) is 0 Å². The van der Waals surface area contributed by atoms with Gasteiger partial charge in [0.1, 0.15) is 5.75 Å². The third kappa shape index (κ3) is 4.73. The first-order valence-corrected chi connectivity index (χ1v) is 8.65. The number of amides is 1. The molecule has 0 bridgehead atoms. The van der Waals surface area contributed by atoms with E-state index in [1.54, 1.807) is 7.11 Å². The molecule has 1 aliphatic rings. The van der Waals surface area contributed by atoms with Crippen molar-refractivity contribution in [3.63, 3.8) is 0 Å². The molecular weight excluding hydrogens is 306 g/mol. The monoisotopic (exact) mass is 333 g/mol. The fourth-order valence-corrected chi connectivity index (χ4v) is 3.63. The van der Waals surface area contributed by atoms with Crippen LogP contribution in [0.15, 0.2) is 24.3 Å². The molecule has 0 radical (unpaired) electrons. The number of carboxylic acid groups (broad SMARTS) is 1. The number of benzene rings is 1. The maximum absolute atomic E-state index is 12.5. The summed E-state index contributed by atoms with van der Waals surface area (Å²) in [5, 5.41) is 12.2. The first kappa shape index (κ1) is 18.3. The summed E-state index contributed by atoms with van der Waals surface area (Å²) in [6.07, 6.45) is 4.70. The van der Waals surface area contributed by atoms with Crippen LogP contribution < -0.4 is 10.1 Å². The molecule has 1 aliphatic carbocycles. The number of methoxy groups -OCH3 is 1. The predicted octanol–water partition coefficient (Wildman–Crippen LogP) is 3.48. The molecule has 2 N–H and O–H groups in total. The largest absolute Gasteiger partial charge is 0.497 e. The number of rotatable bonds is 8. The Morgan fingerprint density at radius 1 is 1.25 bits per heavy atom. The minimum atomic E-state index is -0.848. The average Bonchev–Trinajstić information content (AvgIpc) is 2.99. The molecule has 2 rings (SSSR count). The number of carbonyl (C=O) groups excluding carboxylic acids is 1. The van der Waals surface area contributed by atoms with Crippen LogP contribution >= 0.6 is 0 Å². The summed E-state index contributed by atoms with van der Waals surface area (Å²) < 4.78 is 5.17. The first-order chi connectivity index (χ1) is 11.5. The lowest BCUT2D eigenvalue weighted by Crippen LogP contribution is -2.48. The highest BCUT2D eigenvalue weighted by atomic mass is 16.5. The van der Waals surface area contributed by atoms with Crippen LogP contribution in [0.2, 0.25) is 0 Å². The quantitative estimate of drug-likeness (QED) is 0.763. The summed E-state index contributed by atoms with van der Waals surface area (Å²) in [6.45, 7) is 2.06. The van der Waals surface area contributed by atoms with Crippen molar-refractivity contribution in [3.05, 3.63) is 29.8 Å². The molecule has 5 nitrogen and oxygen atoms in total. The molecule has 1 amide bonds. The molecule has 5 heteroatoms. The van der Waals surface area contributed by atoms with Crippen molar-refractivity contribution < 1.29 is 19.4 Å². The number of aliphatic carboxylic acids is 1. The Morgan fingerprint density at radius 2 is 1.88 bits per heavy atom. The SMILES string of the molecule is CCC(CC(=O)NC1(CC(=O)O)CCCC1)c1ccc(OC)cc1. The van der Waals surface area contributed by atoms with Crippen molar-refractivity contribution in [3.8, 4) is 5.75 Å². The van der Waals surface area contributed by atoms with Crippen LogP contribution in [0, 0.1) is 0 Å². The van der Waals surface area contributed by atoms with Crippen LogP contribution in [0.1, 0.15) is 63.4 Å². The lowest BCUT2D eigenvalue weighted by molar-refractivity contribution is -0.139. The minimum Gasteiger partial charge on any atom is -0.497 e.